The summed E-state index contributed by atoms with van der Waals surface area (Å²) >= 11 is 2.00. The number of thioether (sulfide) groups is 1. The van der Waals surface area contributed by atoms with E-state index in [2.05, 4.69) is 39.6 Å². The monoisotopic (exact) mass is 201 g/mol. The fourth-order valence-electron chi connectivity index (χ4n) is 1.02. The average Bonchev–Trinajstić information content (AvgIpc) is 1.95. The van der Waals surface area contributed by atoms with Crippen LogP contribution in [0.4, 0.5) is 0 Å². The summed E-state index contributed by atoms with van der Waals surface area (Å²) in [5, 5.41) is 3.32. The molecule has 0 aliphatic carbocycles. The Kier molecular flexibility index (Phi) is 5.73. The zero-order valence-electron chi connectivity index (χ0n) is 9.61. The minimum Gasteiger partial charge on any atom is -0.316 e. The lowest BCUT2D eigenvalue weighted by Gasteiger charge is -2.22. The maximum atomic E-state index is 3.94. The quantitative estimate of drug-likeness (QED) is 0.686. The first-order valence-electron chi connectivity index (χ1n) is 4.81. The third kappa shape index (κ3) is 8.38. The third-order valence-corrected chi connectivity index (χ3v) is 3.16. The van der Waals surface area contributed by atoms with Crippen LogP contribution in [0.1, 0.15) is 34.1 Å². The smallest absolute Gasteiger partial charge is 0.0192 e. The maximum absolute atomic E-state index is 3.94. The molecule has 78 valence electrons. The van der Waals surface area contributed by atoms with Gasteiger partial charge in [-0.05, 0) is 20.4 Å². The van der Waals surface area contributed by atoms with Crippen LogP contribution in [0.25, 0.3) is 0 Å². The Morgan fingerprint density at radius 3 is 2.31 bits per heavy atom. The molecule has 0 bridgehead atoms. The largest absolute Gasteiger partial charge is 0.316 e. The van der Waals surface area contributed by atoms with Crippen molar-refractivity contribution in [1.82, 2.24) is 5.32 Å². The number of hydrogen-bond acceptors (Lipinski definition) is 2. The highest BCUT2D eigenvalue weighted by atomic mass is 32.2. The molecule has 1 N–H and O–H groups in total. The molecule has 0 rings (SSSR count). The van der Waals surface area contributed by atoms with Gasteiger partial charge in [0.2, 0.25) is 0 Å². The molecule has 1 atom stereocenters. The van der Waals surface area contributed by atoms with Gasteiger partial charge in [0.25, 0.3) is 0 Å². The predicted molar refractivity (Wildman–Crippen MR) is 64.5 cm³/mol. The van der Waals surface area contributed by atoms with E-state index in [1.165, 1.54) is 5.57 Å². The molecule has 0 aliphatic rings. The molecule has 0 saturated carbocycles. The number of hydrogen-bond donors (Lipinski definition) is 1. The third-order valence-electron chi connectivity index (χ3n) is 1.72. The molecule has 0 aromatic heterocycles. The molecular weight excluding hydrogens is 178 g/mol. The Balaban J connectivity index is 3.79. The van der Waals surface area contributed by atoms with Gasteiger partial charge >= 0.3 is 0 Å². The standard InChI is InChI=1S/C11H23NS/c1-9(2)7-10(12-6)8-13-11(3,4)5/h10,12H,1,7-8H2,2-6H3. The predicted octanol–water partition coefficient (Wildman–Crippen LogP) is 3.07. The second kappa shape index (κ2) is 5.71. The molecule has 13 heavy (non-hydrogen) atoms. The molecule has 1 unspecified atom stereocenters. The van der Waals surface area contributed by atoms with Crippen molar-refractivity contribution >= 4 is 11.8 Å². The average molecular weight is 201 g/mol. The van der Waals surface area contributed by atoms with Gasteiger partial charge in [-0.15, -0.1) is 6.58 Å². The number of rotatable bonds is 5. The summed E-state index contributed by atoms with van der Waals surface area (Å²) in [5.41, 5.74) is 1.26. The van der Waals surface area contributed by atoms with Crippen molar-refractivity contribution in [2.24, 2.45) is 0 Å². The van der Waals surface area contributed by atoms with E-state index in [0.717, 1.165) is 12.2 Å². The first kappa shape index (κ1) is 13.1. The van der Waals surface area contributed by atoms with Crippen molar-refractivity contribution in [1.29, 1.82) is 0 Å². The van der Waals surface area contributed by atoms with Crippen LogP contribution < -0.4 is 5.32 Å². The van der Waals surface area contributed by atoms with Crippen LogP contribution in [-0.4, -0.2) is 23.6 Å². The lowest BCUT2D eigenvalue weighted by atomic mass is 10.1. The van der Waals surface area contributed by atoms with Crippen LogP contribution in [0.3, 0.4) is 0 Å². The molecular formula is C11H23NS. The van der Waals surface area contributed by atoms with Gasteiger partial charge < -0.3 is 5.32 Å². The maximum Gasteiger partial charge on any atom is 0.0192 e. The van der Waals surface area contributed by atoms with Crippen molar-refractivity contribution in [3.05, 3.63) is 12.2 Å². The Bertz CT molecular complexity index is 158. The zero-order chi connectivity index (χ0) is 10.5. The van der Waals surface area contributed by atoms with Crippen LogP contribution in [-0.2, 0) is 0 Å². The summed E-state index contributed by atoms with van der Waals surface area (Å²) in [4.78, 5) is 0. The Labute approximate surface area is 87.4 Å². The van der Waals surface area contributed by atoms with E-state index in [1.807, 2.05) is 18.8 Å². The number of nitrogens with one attached hydrogen (secondary N) is 1. The molecule has 0 aromatic carbocycles. The summed E-state index contributed by atoms with van der Waals surface area (Å²) < 4.78 is 0.365. The summed E-state index contributed by atoms with van der Waals surface area (Å²) in [7, 11) is 2.02. The van der Waals surface area contributed by atoms with Crippen LogP contribution in [0.5, 0.6) is 0 Å². The van der Waals surface area contributed by atoms with Crippen molar-refractivity contribution < 1.29 is 0 Å². The fourth-order valence-corrected chi connectivity index (χ4v) is 2.00. The molecule has 0 saturated heterocycles. The molecule has 1 nitrogen and oxygen atoms in total. The van der Waals surface area contributed by atoms with Gasteiger partial charge in [0.05, 0.1) is 0 Å². The Morgan fingerprint density at radius 2 is 2.00 bits per heavy atom. The van der Waals surface area contributed by atoms with Gasteiger partial charge in [-0.25, -0.2) is 0 Å². The van der Waals surface area contributed by atoms with Crippen molar-refractivity contribution in [2.75, 3.05) is 12.8 Å². The molecule has 0 spiro atoms. The van der Waals surface area contributed by atoms with E-state index in [-0.39, 0.29) is 0 Å². The van der Waals surface area contributed by atoms with Gasteiger partial charge in [0.15, 0.2) is 0 Å². The van der Waals surface area contributed by atoms with Crippen molar-refractivity contribution in [2.45, 2.75) is 44.9 Å². The van der Waals surface area contributed by atoms with E-state index in [4.69, 9.17) is 0 Å². The highest BCUT2D eigenvalue weighted by molar-refractivity contribution is 8.00. The first-order valence-corrected chi connectivity index (χ1v) is 5.79. The van der Waals surface area contributed by atoms with Crippen LogP contribution in [0.15, 0.2) is 12.2 Å². The summed E-state index contributed by atoms with van der Waals surface area (Å²) in [6.45, 7) is 12.8. The molecule has 0 amide bonds. The van der Waals surface area contributed by atoms with Gasteiger partial charge in [-0.3, -0.25) is 0 Å². The minimum absolute atomic E-state index is 0.365. The molecule has 0 heterocycles. The molecule has 0 fully saturated rings. The lowest BCUT2D eigenvalue weighted by Crippen LogP contribution is -2.29. The first-order chi connectivity index (χ1) is 5.85. The van der Waals surface area contributed by atoms with Gasteiger partial charge in [0.1, 0.15) is 0 Å². The van der Waals surface area contributed by atoms with Crippen LogP contribution in [0, 0.1) is 0 Å². The normalized spacial score (nSPS) is 14.2. The van der Waals surface area contributed by atoms with E-state index in [1.54, 1.807) is 0 Å². The lowest BCUT2D eigenvalue weighted by molar-refractivity contribution is 0.611. The van der Waals surface area contributed by atoms with Gasteiger partial charge in [-0.1, -0.05) is 26.3 Å². The van der Waals surface area contributed by atoms with Crippen molar-refractivity contribution in [3.8, 4) is 0 Å². The summed E-state index contributed by atoms with van der Waals surface area (Å²) in [6.07, 6.45) is 1.08. The van der Waals surface area contributed by atoms with E-state index in [9.17, 15) is 0 Å². The molecule has 2 heteroatoms. The van der Waals surface area contributed by atoms with Gasteiger partial charge in [0, 0.05) is 16.5 Å². The molecule has 0 aromatic rings. The van der Waals surface area contributed by atoms with E-state index in [0.29, 0.717) is 10.8 Å². The van der Waals surface area contributed by atoms with Crippen LogP contribution in [0.2, 0.25) is 0 Å². The van der Waals surface area contributed by atoms with E-state index < -0.39 is 0 Å². The Hall–Kier alpha value is 0.0500. The van der Waals surface area contributed by atoms with Crippen molar-refractivity contribution in [3.63, 3.8) is 0 Å². The topological polar surface area (TPSA) is 12.0 Å². The van der Waals surface area contributed by atoms with E-state index >= 15 is 0 Å². The summed E-state index contributed by atoms with van der Waals surface area (Å²) in [6, 6.07) is 0.571. The second-order valence-corrected chi connectivity index (χ2v) is 6.42. The second-order valence-electron chi connectivity index (χ2n) is 4.57. The Morgan fingerprint density at radius 1 is 1.46 bits per heavy atom. The SMILES string of the molecule is C=C(C)CC(CSC(C)(C)C)NC. The zero-order valence-corrected chi connectivity index (χ0v) is 10.4. The fraction of sp³-hybridized carbons (Fsp3) is 0.818. The minimum atomic E-state index is 0.365. The molecule has 0 aliphatic heterocycles. The summed E-state index contributed by atoms with van der Waals surface area (Å²) in [5.74, 6) is 1.16. The highest BCUT2D eigenvalue weighted by Crippen LogP contribution is 2.24. The molecule has 0 radical (unpaired) electrons. The highest BCUT2D eigenvalue weighted by Gasteiger charge is 2.14. The van der Waals surface area contributed by atoms with Crippen LogP contribution >= 0.6 is 11.8 Å². The van der Waals surface area contributed by atoms with Gasteiger partial charge in [-0.2, -0.15) is 11.8 Å².